The van der Waals surface area contributed by atoms with Crippen LogP contribution >= 0.6 is 15.9 Å². The third-order valence-corrected chi connectivity index (χ3v) is 1.84. The third kappa shape index (κ3) is 9.96. The van der Waals surface area contributed by atoms with Crippen LogP contribution < -0.4 is 0 Å². The highest BCUT2D eigenvalue weighted by Gasteiger charge is 1.75. The Morgan fingerprint density at radius 3 is 2.27 bits per heavy atom. The minimum absolute atomic E-state index is 1.06. The molecule has 0 radical (unpaired) electrons. The number of hydrogen-bond donors (Lipinski definition) is 0. The topological polar surface area (TPSA) is 0 Å². The van der Waals surface area contributed by atoms with Crippen LogP contribution in [-0.4, -0.2) is 5.33 Å². The average molecular weight is 217 g/mol. The lowest BCUT2D eigenvalue weighted by molar-refractivity contribution is 0.815. The molecule has 0 aliphatic rings. The molecule has 0 aliphatic heterocycles. The van der Waals surface area contributed by atoms with Gasteiger partial charge in [0, 0.05) is 5.33 Å². The Kier molecular flexibility index (Phi) is 9.92. The normalized spacial score (nSPS) is 11.8. The highest BCUT2D eigenvalue weighted by molar-refractivity contribution is 9.09. The Morgan fingerprint density at radius 2 is 1.73 bits per heavy atom. The lowest BCUT2D eigenvalue weighted by Gasteiger charge is -1.85. The van der Waals surface area contributed by atoms with E-state index in [-0.39, 0.29) is 0 Å². The Labute approximate surface area is 78.5 Å². The number of halogens is 1. The van der Waals surface area contributed by atoms with Gasteiger partial charge in [0.05, 0.1) is 0 Å². The number of alkyl halides is 1. The molecule has 0 saturated carbocycles. The van der Waals surface area contributed by atoms with Crippen molar-refractivity contribution in [3.8, 4) is 0 Å². The zero-order chi connectivity index (χ0) is 8.36. The van der Waals surface area contributed by atoms with Gasteiger partial charge >= 0.3 is 0 Å². The van der Waals surface area contributed by atoms with Gasteiger partial charge in [-0.1, -0.05) is 60.0 Å². The monoisotopic (exact) mass is 216 g/mol. The molecule has 0 atom stereocenters. The standard InChI is InChI=1S/C10H17Br/c1-2-3-4-5-6-7-8-9-10-11/h5-8H,2-4,9-10H2,1H3/b6-5-,8-7+. The second kappa shape index (κ2) is 9.96. The van der Waals surface area contributed by atoms with E-state index in [4.69, 9.17) is 0 Å². The minimum atomic E-state index is 1.06. The first-order valence-corrected chi connectivity index (χ1v) is 5.41. The molecule has 0 fully saturated rings. The van der Waals surface area contributed by atoms with Crippen LogP contribution in [0.2, 0.25) is 0 Å². The molecular weight excluding hydrogens is 200 g/mol. The van der Waals surface area contributed by atoms with E-state index in [9.17, 15) is 0 Å². The molecule has 0 aromatic carbocycles. The Balaban J connectivity index is 3.14. The van der Waals surface area contributed by atoms with Crippen LogP contribution in [0.3, 0.4) is 0 Å². The maximum absolute atomic E-state index is 3.37. The molecule has 0 unspecified atom stereocenters. The third-order valence-electron chi connectivity index (χ3n) is 1.38. The van der Waals surface area contributed by atoms with E-state index < -0.39 is 0 Å². The fraction of sp³-hybridized carbons (Fsp3) is 0.600. The maximum atomic E-state index is 3.37. The van der Waals surface area contributed by atoms with Crippen molar-refractivity contribution < 1.29 is 0 Å². The lowest BCUT2D eigenvalue weighted by Crippen LogP contribution is -1.66. The molecule has 0 heterocycles. The van der Waals surface area contributed by atoms with Crippen LogP contribution in [-0.2, 0) is 0 Å². The largest absolute Gasteiger partial charge is 0.0925 e. The zero-order valence-corrected chi connectivity index (χ0v) is 8.81. The molecule has 0 nitrogen and oxygen atoms in total. The quantitative estimate of drug-likeness (QED) is 0.357. The Bertz CT molecular complexity index is 114. The predicted molar refractivity (Wildman–Crippen MR) is 56.2 cm³/mol. The van der Waals surface area contributed by atoms with Crippen molar-refractivity contribution in [2.24, 2.45) is 0 Å². The van der Waals surface area contributed by atoms with E-state index in [0.29, 0.717) is 0 Å². The van der Waals surface area contributed by atoms with Crippen LogP contribution in [0.4, 0.5) is 0 Å². The summed E-state index contributed by atoms with van der Waals surface area (Å²) in [6, 6.07) is 0. The average Bonchev–Trinajstić information content (AvgIpc) is 2.03. The van der Waals surface area contributed by atoms with Gasteiger partial charge in [0.1, 0.15) is 0 Å². The van der Waals surface area contributed by atoms with E-state index in [1.54, 1.807) is 0 Å². The van der Waals surface area contributed by atoms with E-state index in [1.807, 2.05) is 0 Å². The molecule has 0 amide bonds. The SMILES string of the molecule is CCCC/C=C\C=C\CCBr. The summed E-state index contributed by atoms with van der Waals surface area (Å²) in [5.74, 6) is 0. The molecule has 11 heavy (non-hydrogen) atoms. The van der Waals surface area contributed by atoms with Crippen molar-refractivity contribution in [3.05, 3.63) is 24.3 Å². The first-order valence-electron chi connectivity index (χ1n) is 4.29. The van der Waals surface area contributed by atoms with Crippen molar-refractivity contribution in [2.75, 3.05) is 5.33 Å². The molecule has 0 rings (SSSR count). The molecule has 0 aliphatic carbocycles. The molecule has 0 spiro atoms. The van der Waals surface area contributed by atoms with Gasteiger partial charge in [-0.3, -0.25) is 0 Å². The first-order chi connectivity index (χ1) is 5.41. The van der Waals surface area contributed by atoms with Crippen LogP contribution in [0.25, 0.3) is 0 Å². The van der Waals surface area contributed by atoms with E-state index in [1.165, 1.54) is 19.3 Å². The molecule has 0 aromatic rings. The summed E-state index contributed by atoms with van der Waals surface area (Å²) in [6.45, 7) is 2.22. The molecule has 0 N–H and O–H groups in total. The van der Waals surface area contributed by atoms with E-state index in [2.05, 4.69) is 47.2 Å². The zero-order valence-electron chi connectivity index (χ0n) is 7.22. The predicted octanol–water partition coefficient (Wildman–Crippen LogP) is 4.07. The molecular formula is C10H17Br. The van der Waals surface area contributed by atoms with Gasteiger partial charge in [-0.15, -0.1) is 0 Å². The summed E-state index contributed by atoms with van der Waals surface area (Å²) in [7, 11) is 0. The van der Waals surface area contributed by atoms with Gasteiger partial charge in [0.2, 0.25) is 0 Å². The summed E-state index contributed by atoms with van der Waals surface area (Å²) < 4.78 is 0. The summed E-state index contributed by atoms with van der Waals surface area (Å²) >= 11 is 3.37. The van der Waals surface area contributed by atoms with Crippen LogP contribution in [0.5, 0.6) is 0 Å². The van der Waals surface area contributed by atoms with Gasteiger partial charge in [0.15, 0.2) is 0 Å². The summed E-state index contributed by atoms with van der Waals surface area (Å²) in [4.78, 5) is 0. The summed E-state index contributed by atoms with van der Waals surface area (Å²) in [5, 5.41) is 1.06. The lowest BCUT2D eigenvalue weighted by atomic mass is 10.2. The van der Waals surface area contributed by atoms with Gasteiger partial charge in [0.25, 0.3) is 0 Å². The van der Waals surface area contributed by atoms with Gasteiger partial charge in [-0.2, -0.15) is 0 Å². The highest BCUT2D eigenvalue weighted by Crippen LogP contribution is 1.95. The first kappa shape index (κ1) is 11.0. The fourth-order valence-electron chi connectivity index (χ4n) is 0.735. The number of hydrogen-bond acceptors (Lipinski definition) is 0. The minimum Gasteiger partial charge on any atom is -0.0925 e. The van der Waals surface area contributed by atoms with Gasteiger partial charge in [-0.25, -0.2) is 0 Å². The summed E-state index contributed by atoms with van der Waals surface area (Å²) in [5.41, 5.74) is 0. The number of unbranched alkanes of at least 4 members (excludes halogenated alkanes) is 2. The molecule has 64 valence electrons. The second-order valence-electron chi connectivity index (χ2n) is 2.48. The highest BCUT2D eigenvalue weighted by atomic mass is 79.9. The van der Waals surface area contributed by atoms with Gasteiger partial charge in [-0.05, 0) is 12.8 Å². The smallest absolute Gasteiger partial charge is 0.00660 e. The van der Waals surface area contributed by atoms with Crippen molar-refractivity contribution in [1.29, 1.82) is 0 Å². The van der Waals surface area contributed by atoms with Crippen molar-refractivity contribution in [1.82, 2.24) is 0 Å². The van der Waals surface area contributed by atoms with Crippen molar-refractivity contribution >= 4 is 15.9 Å². The van der Waals surface area contributed by atoms with E-state index >= 15 is 0 Å². The number of rotatable bonds is 6. The van der Waals surface area contributed by atoms with Crippen molar-refractivity contribution in [3.63, 3.8) is 0 Å². The Morgan fingerprint density at radius 1 is 1.09 bits per heavy atom. The van der Waals surface area contributed by atoms with E-state index in [0.717, 1.165) is 11.8 Å². The summed E-state index contributed by atoms with van der Waals surface area (Å²) in [6.07, 6.45) is 13.6. The van der Waals surface area contributed by atoms with Crippen LogP contribution in [0.1, 0.15) is 32.6 Å². The van der Waals surface area contributed by atoms with Gasteiger partial charge < -0.3 is 0 Å². The fourth-order valence-corrected chi connectivity index (χ4v) is 0.999. The molecule has 0 bridgehead atoms. The van der Waals surface area contributed by atoms with Crippen LogP contribution in [0, 0.1) is 0 Å². The van der Waals surface area contributed by atoms with Crippen molar-refractivity contribution in [2.45, 2.75) is 32.6 Å². The Hall–Kier alpha value is -0.0400. The number of allylic oxidation sites excluding steroid dienone is 4. The molecule has 0 saturated heterocycles. The second-order valence-corrected chi connectivity index (χ2v) is 3.27. The molecule has 0 aromatic heterocycles. The maximum Gasteiger partial charge on any atom is 0.00660 e. The molecule has 1 heteroatoms. The van der Waals surface area contributed by atoms with Crippen LogP contribution in [0.15, 0.2) is 24.3 Å².